The number of rotatable bonds is 5. The van der Waals surface area contributed by atoms with E-state index in [1.54, 1.807) is 23.4 Å². The molecule has 0 aliphatic heterocycles. The van der Waals surface area contributed by atoms with Crippen molar-refractivity contribution in [3.8, 4) is 0 Å². The number of para-hydroxylation sites is 1. The second-order valence-electron chi connectivity index (χ2n) is 3.79. The fourth-order valence-electron chi connectivity index (χ4n) is 1.68. The number of amides is 1. The molecule has 0 bridgehead atoms. The summed E-state index contributed by atoms with van der Waals surface area (Å²) in [6.07, 6.45) is 3.35. The summed E-state index contributed by atoms with van der Waals surface area (Å²) >= 11 is 1.35. The minimum absolute atomic E-state index is 0.0613. The molecule has 1 amide bonds. The van der Waals surface area contributed by atoms with Gasteiger partial charge < -0.3 is 4.90 Å². The third-order valence-corrected chi connectivity index (χ3v) is 3.41. The van der Waals surface area contributed by atoms with Gasteiger partial charge in [-0.1, -0.05) is 30.0 Å². The third-order valence-electron chi connectivity index (χ3n) is 2.55. The maximum Gasteiger partial charge on any atom is 0.237 e. The first kappa shape index (κ1) is 13.5. The highest BCUT2D eigenvalue weighted by molar-refractivity contribution is 7.99. The molecule has 98 valence electrons. The van der Waals surface area contributed by atoms with Crippen molar-refractivity contribution in [3.63, 3.8) is 0 Å². The van der Waals surface area contributed by atoms with E-state index < -0.39 is 0 Å². The van der Waals surface area contributed by atoms with Crippen molar-refractivity contribution in [2.75, 3.05) is 17.2 Å². The van der Waals surface area contributed by atoms with Crippen LogP contribution in [0.25, 0.3) is 0 Å². The summed E-state index contributed by atoms with van der Waals surface area (Å²) in [6.45, 7) is 2.62. The van der Waals surface area contributed by atoms with Crippen LogP contribution in [0.1, 0.15) is 6.92 Å². The Morgan fingerprint density at radius 3 is 2.47 bits per heavy atom. The topological polar surface area (TPSA) is 46.1 Å². The van der Waals surface area contributed by atoms with Gasteiger partial charge in [0.25, 0.3) is 0 Å². The van der Waals surface area contributed by atoms with Gasteiger partial charge >= 0.3 is 0 Å². The van der Waals surface area contributed by atoms with E-state index >= 15 is 0 Å². The van der Waals surface area contributed by atoms with E-state index in [4.69, 9.17) is 0 Å². The van der Waals surface area contributed by atoms with Crippen LogP contribution in [-0.4, -0.2) is 28.2 Å². The molecule has 0 aliphatic rings. The Kier molecular flexibility index (Phi) is 4.92. The number of hydrogen-bond donors (Lipinski definition) is 0. The number of carbonyl (C=O) groups excluding carboxylic acids is 1. The van der Waals surface area contributed by atoms with Crippen LogP contribution in [0.15, 0.2) is 53.9 Å². The summed E-state index contributed by atoms with van der Waals surface area (Å²) in [5.74, 6) is 0.401. The zero-order valence-corrected chi connectivity index (χ0v) is 11.5. The molecule has 0 saturated heterocycles. The zero-order valence-electron chi connectivity index (χ0n) is 10.7. The standard InChI is InChI=1S/C14H15N3OS/c1-2-17(12-7-4-3-5-8-12)13(18)11-19-14-15-9-6-10-16-14/h3-10H,2,11H2,1H3. The Morgan fingerprint density at radius 2 is 1.84 bits per heavy atom. The van der Waals surface area contributed by atoms with E-state index in [9.17, 15) is 4.79 Å². The number of aromatic nitrogens is 2. The molecule has 0 fully saturated rings. The average molecular weight is 273 g/mol. The molecule has 0 radical (unpaired) electrons. The lowest BCUT2D eigenvalue weighted by molar-refractivity contribution is -0.116. The van der Waals surface area contributed by atoms with Crippen LogP contribution in [0.3, 0.4) is 0 Å². The van der Waals surface area contributed by atoms with Crippen molar-refractivity contribution >= 4 is 23.4 Å². The van der Waals surface area contributed by atoms with Crippen LogP contribution in [0.5, 0.6) is 0 Å². The molecular formula is C14H15N3OS. The highest BCUT2D eigenvalue weighted by Crippen LogP contribution is 2.17. The lowest BCUT2D eigenvalue weighted by Gasteiger charge is -2.20. The van der Waals surface area contributed by atoms with Crippen molar-refractivity contribution in [2.24, 2.45) is 0 Å². The first-order valence-electron chi connectivity index (χ1n) is 6.06. The van der Waals surface area contributed by atoms with Crippen LogP contribution in [0, 0.1) is 0 Å². The molecule has 4 nitrogen and oxygen atoms in total. The van der Waals surface area contributed by atoms with Crippen molar-refractivity contribution < 1.29 is 4.79 Å². The normalized spacial score (nSPS) is 10.2. The summed E-state index contributed by atoms with van der Waals surface area (Å²) in [7, 11) is 0. The molecule has 0 aliphatic carbocycles. The predicted octanol–water partition coefficient (Wildman–Crippen LogP) is 2.62. The second kappa shape index (κ2) is 6.89. The Hall–Kier alpha value is -1.88. The van der Waals surface area contributed by atoms with Gasteiger partial charge in [-0.15, -0.1) is 0 Å². The number of hydrogen-bond acceptors (Lipinski definition) is 4. The molecule has 0 N–H and O–H groups in total. The summed E-state index contributed by atoms with van der Waals surface area (Å²) in [4.78, 5) is 22.1. The fraction of sp³-hybridized carbons (Fsp3) is 0.214. The van der Waals surface area contributed by atoms with Gasteiger partial charge in [0.2, 0.25) is 5.91 Å². The summed E-state index contributed by atoms with van der Waals surface area (Å²) < 4.78 is 0. The van der Waals surface area contributed by atoms with E-state index in [0.29, 0.717) is 17.5 Å². The van der Waals surface area contributed by atoms with Gasteiger partial charge in [0, 0.05) is 24.6 Å². The first-order chi connectivity index (χ1) is 9.31. The highest BCUT2D eigenvalue weighted by atomic mass is 32.2. The van der Waals surface area contributed by atoms with E-state index in [2.05, 4.69) is 9.97 Å². The van der Waals surface area contributed by atoms with E-state index in [1.807, 2.05) is 37.3 Å². The maximum atomic E-state index is 12.2. The Labute approximate surface area is 116 Å². The lowest BCUT2D eigenvalue weighted by Crippen LogP contribution is -2.32. The predicted molar refractivity (Wildman–Crippen MR) is 77.2 cm³/mol. The van der Waals surface area contributed by atoms with Gasteiger partial charge in [0.15, 0.2) is 5.16 Å². The number of benzene rings is 1. The molecule has 2 aromatic rings. The van der Waals surface area contributed by atoms with Gasteiger partial charge in [-0.3, -0.25) is 4.79 Å². The van der Waals surface area contributed by atoms with E-state index in [1.165, 1.54) is 11.8 Å². The molecule has 0 saturated carbocycles. The number of nitrogens with zero attached hydrogens (tertiary/aromatic N) is 3. The van der Waals surface area contributed by atoms with Crippen LogP contribution in [0.4, 0.5) is 5.69 Å². The molecule has 1 aromatic carbocycles. The van der Waals surface area contributed by atoms with E-state index in [0.717, 1.165) is 5.69 Å². The summed E-state index contributed by atoms with van der Waals surface area (Å²) in [6, 6.07) is 11.4. The molecule has 0 unspecified atom stereocenters. The molecule has 0 spiro atoms. The smallest absolute Gasteiger partial charge is 0.237 e. The monoisotopic (exact) mass is 273 g/mol. The molecule has 2 rings (SSSR count). The molecule has 19 heavy (non-hydrogen) atoms. The summed E-state index contributed by atoms with van der Waals surface area (Å²) in [5, 5.41) is 0.625. The van der Waals surface area contributed by atoms with Gasteiger partial charge in [-0.05, 0) is 25.1 Å². The van der Waals surface area contributed by atoms with Crippen LogP contribution in [0.2, 0.25) is 0 Å². The highest BCUT2D eigenvalue weighted by Gasteiger charge is 2.14. The molecule has 1 aromatic heterocycles. The lowest BCUT2D eigenvalue weighted by atomic mass is 10.3. The van der Waals surface area contributed by atoms with Crippen LogP contribution in [-0.2, 0) is 4.79 Å². The summed E-state index contributed by atoms with van der Waals surface area (Å²) in [5.41, 5.74) is 0.921. The van der Waals surface area contributed by atoms with Gasteiger partial charge in [-0.2, -0.15) is 0 Å². The van der Waals surface area contributed by atoms with Crippen molar-refractivity contribution in [3.05, 3.63) is 48.8 Å². The zero-order chi connectivity index (χ0) is 13.5. The number of anilines is 1. The van der Waals surface area contributed by atoms with Crippen molar-refractivity contribution in [1.82, 2.24) is 9.97 Å². The Morgan fingerprint density at radius 1 is 1.16 bits per heavy atom. The number of carbonyl (C=O) groups is 1. The van der Waals surface area contributed by atoms with Crippen molar-refractivity contribution in [1.29, 1.82) is 0 Å². The fourth-order valence-corrected chi connectivity index (χ4v) is 2.35. The van der Waals surface area contributed by atoms with Gasteiger partial charge in [0.05, 0.1) is 5.75 Å². The quantitative estimate of drug-likeness (QED) is 0.620. The second-order valence-corrected chi connectivity index (χ2v) is 4.74. The first-order valence-corrected chi connectivity index (χ1v) is 7.05. The minimum Gasteiger partial charge on any atom is -0.312 e. The van der Waals surface area contributed by atoms with E-state index in [-0.39, 0.29) is 5.91 Å². The average Bonchev–Trinajstić information content (AvgIpc) is 2.48. The maximum absolute atomic E-state index is 12.2. The number of thioether (sulfide) groups is 1. The molecule has 5 heteroatoms. The Balaban J connectivity index is 1.98. The van der Waals surface area contributed by atoms with Gasteiger partial charge in [0.1, 0.15) is 0 Å². The molecular weight excluding hydrogens is 258 g/mol. The van der Waals surface area contributed by atoms with Crippen LogP contribution < -0.4 is 4.90 Å². The Bertz CT molecular complexity index is 519. The molecule has 0 atom stereocenters. The van der Waals surface area contributed by atoms with Crippen LogP contribution >= 0.6 is 11.8 Å². The minimum atomic E-state index is 0.0613. The SMILES string of the molecule is CCN(C(=O)CSc1ncccn1)c1ccccc1. The largest absolute Gasteiger partial charge is 0.312 e. The van der Waals surface area contributed by atoms with Crippen molar-refractivity contribution in [2.45, 2.75) is 12.1 Å². The van der Waals surface area contributed by atoms with Gasteiger partial charge in [-0.25, -0.2) is 9.97 Å². The molecule has 1 heterocycles. The third kappa shape index (κ3) is 3.79.